The Morgan fingerprint density at radius 2 is 1.65 bits per heavy atom. The number of H-pyrrole nitrogens is 1. The molecule has 1 aromatic carbocycles. The van der Waals surface area contributed by atoms with E-state index in [1.54, 1.807) is 30.6 Å². The van der Waals surface area contributed by atoms with Gasteiger partial charge in [-0.15, -0.1) is 0 Å². The van der Waals surface area contributed by atoms with Crippen molar-refractivity contribution in [2.45, 2.75) is 12.4 Å². The van der Waals surface area contributed by atoms with E-state index in [1.165, 1.54) is 12.1 Å². The van der Waals surface area contributed by atoms with Gasteiger partial charge in [-0.05, 0) is 42.5 Å². The van der Waals surface area contributed by atoms with Crippen molar-refractivity contribution in [1.82, 2.24) is 15.0 Å². The molecule has 1 aliphatic heterocycles. The van der Waals surface area contributed by atoms with Crippen molar-refractivity contribution in [3.05, 3.63) is 72.8 Å². The number of alkyl halides is 6. The van der Waals surface area contributed by atoms with Crippen LogP contribution >= 0.6 is 0 Å². The van der Waals surface area contributed by atoms with Crippen LogP contribution in [-0.2, 0) is 15.8 Å². The standard InChI is InChI=1S/C22H14F3N5O3.C2HF3O2/c23-22(24,25)13-9-15(11-26-10-13)29-12-19(31)30(21(29)32)14-1-3-16(4-2-14)33-18-6-8-28-20-17(18)5-7-27-20;3-2(4,5)1(6)7/h1-11H,12H2,(H,27,28);(H,6,7). The monoisotopic (exact) mass is 567 g/mol. The van der Waals surface area contributed by atoms with E-state index in [9.17, 15) is 35.9 Å². The van der Waals surface area contributed by atoms with Crippen molar-refractivity contribution in [1.29, 1.82) is 0 Å². The number of anilines is 2. The molecule has 2 N–H and O–H groups in total. The minimum Gasteiger partial charge on any atom is -0.475 e. The van der Waals surface area contributed by atoms with Crippen molar-refractivity contribution in [2.75, 3.05) is 16.3 Å². The van der Waals surface area contributed by atoms with Gasteiger partial charge in [0, 0.05) is 18.6 Å². The van der Waals surface area contributed by atoms with E-state index in [-0.39, 0.29) is 11.4 Å². The highest BCUT2D eigenvalue weighted by Gasteiger charge is 2.40. The number of carbonyl (C=O) groups excluding carboxylic acids is 2. The van der Waals surface area contributed by atoms with Gasteiger partial charge in [0.05, 0.1) is 28.5 Å². The number of hydrogen-bond acceptors (Lipinski definition) is 6. The number of carbonyl (C=O) groups is 3. The number of rotatable bonds is 4. The lowest BCUT2D eigenvalue weighted by Crippen LogP contribution is -2.33. The van der Waals surface area contributed by atoms with Crippen LogP contribution in [0.15, 0.2) is 67.3 Å². The van der Waals surface area contributed by atoms with Gasteiger partial charge in [0.15, 0.2) is 0 Å². The molecule has 0 spiro atoms. The number of aliphatic carboxylic acids is 1. The van der Waals surface area contributed by atoms with Gasteiger partial charge in [-0.3, -0.25) is 14.7 Å². The van der Waals surface area contributed by atoms with Gasteiger partial charge in [-0.2, -0.15) is 26.3 Å². The van der Waals surface area contributed by atoms with Crippen LogP contribution in [-0.4, -0.2) is 50.7 Å². The van der Waals surface area contributed by atoms with Gasteiger partial charge in [0.25, 0.3) is 5.91 Å². The molecule has 4 heterocycles. The van der Waals surface area contributed by atoms with Crippen LogP contribution in [0.4, 0.5) is 42.5 Å². The number of pyridine rings is 2. The summed E-state index contributed by atoms with van der Waals surface area (Å²) in [6, 6.07) is 9.77. The maximum absolute atomic E-state index is 13.0. The van der Waals surface area contributed by atoms with Crippen molar-refractivity contribution in [3.8, 4) is 11.5 Å². The molecule has 1 fully saturated rings. The Bertz CT molecular complexity index is 1570. The predicted octanol–water partition coefficient (Wildman–Crippen LogP) is 5.38. The number of carboxylic acids is 1. The van der Waals surface area contributed by atoms with Crippen molar-refractivity contribution in [3.63, 3.8) is 0 Å². The molecule has 0 saturated carbocycles. The third kappa shape index (κ3) is 5.95. The molecule has 1 saturated heterocycles. The summed E-state index contributed by atoms with van der Waals surface area (Å²) >= 11 is 0. The number of aromatic nitrogens is 3. The van der Waals surface area contributed by atoms with Crippen LogP contribution in [0.5, 0.6) is 11.5 Å². The number of benzene rings is 1. The van der Waals surface area contributed by atoms with E-state index in [0.717, 1.165) is 27.4 Å². The molecule has 40 heavy (non-hydrogen) atoms. The summed E-state index contributed by atoms with van der Waals surface area (Å²) in [5.74, 6) is -2.29. The van der Waals surface area contributed by atoms with Crippen LogP contribution in [0.25, 0.3) is 11.0 Å². The quantitative estimate of drug-likeness (QED) is 0.250. The molecule has 1 aliphatic rings. The Balaban J connectivity index is 0.000000470. The maximum atomic E-state index is 13.0. The van der Waals surface area contributed by atoms with Gasteiger partial charge >= 0.3 is 24.4 Å². The number of nitrogens with zero attached hydrogens (tertiary/aromatic N) is 4. The fraction of sp³-hybridized carbons (Fsp3) is 0.125. The highest BCUT2D eigenvalue weighted by atomic mass is 19.4. The molecule has 0 unspecified atom stereocenters. The van der Waals surface area contributed by atoms with Crippen molar-refractivity contribution in [2.24, 2.45) is 0 Å². The Morgan fingerprint density at radius 1 is 0.975 bits per heavy atom. The lowest BCUT2D eigenvalue weighted by molar-refractivity contribution is -0.192. The second kappa shape index (κ2) is 10.5. The molecule has 5 rings (SSSR count). The third-order valence-corrected chi connectivity index (χ3v) is 5.31. The molecule has 208 valence electrons. The van der Waals surface area contributed by atoms with Crippen LogP contribution < -0.4 is 14.5 Å². The first-order chi connectivity index (χ1) is 18.8. The molecule has 3 aromatic heterocycles. The fourth-order valence-electron chi connectivity index (χ4n) is 3.50. The minimum atomic E-state index is -5.08. The summed E-state index contributed by atoms with van der Waals surface area (Å²) in [6.07, 6.45) is -4.60. The average Bonchev–Trinajstić information content (AvgIpc) is 3.49. The van der Waals surface area contributed by atoms with Crippen molar-refractivity contribution < 1.29 is 50.6 Å². The molecule has 0 bridgehead atoms. The van der Waals surface area contributed by atoms with Gasteiger partial charge < -0.3 is 14.8 Å². The molecular weight excluding hydrogens is 552 g/mol. The van der Waals surface area contributed by atoms with Crippen LogP contribution in [0, 0.1) is 0 Å². The number of ether oxygens (including phenoxy) is 1. The Kier molecular flexibility index (Phi) is 7.35. The smallest absolute Gasteiger partial charge is 0.475 e. The van der Waals surface area contributed by atoms with E-state index < -0.39 is 42.4 Å². The molecule has 0 aliphatic carbocycles. The number of hydrogen-bond donors (Lipinski definition) is 2. The summed E-state index contributed by atoms with van der Waals surface area (Å²) in [6.45, 7) is -0.400. The maximum Gasteiger partial charge on any atom is 0.490 e. The fourth-order valence-corrected chi connectivity index (χ4v) is 3.50. The van der Waals surface area contributed by atoms with Gasteiger partial charge in [-0.25, -0.2) is 19.5 Å². The van der Waals surface area contributed by atoms with Gasteiger partial charge in [0.2, 0.25) is 0 Å². The molecular formula is C24H15F6N5O5. The first-order valence-electron chi connectivity index (χ1n) is 10.9. The molecule has 10 nitrogen and oxygen atoms in total. The first-order valence-corrected chi connectivity index (χ1v) is 10.9. The topological polar surface area (TPSA) is 129 Å². The van der Waals surface area contributed by atoms with E-state index in [0.29, 0.717) is 23.3 Å². The summed E-state index contributed by atoms with van der Waals surface area (Å²) < 4.78 is 76.6. The summed E-state index contributed by atoms with van der Waals surface area (Å²) in [5.41, 5.74) is -0.186. The Labute approximate surface area is 219 Å². The zero-order valence-corrected chi connectivity index (χ0v) is 19.7. The van der Waals surface area contributed by atoms with E-state index in [4.69, 9.17) is 14.6 Å². The Hall–Kier alpha value is -5.15. The number of fused-ring (bicyclic) bond motifs is 1. The second-order valence-corrected chi connectivity index (χ2v) is 7.98. The number of aromatic amines is 1. The summed E-state index contributed by atoms with van der Waals surface area (Å²) in [5, 5.41) is 7.91. The van der Waals surface area contributed by atoms with Crippen LogP contribution in [0.1, 0.15) is 5.56 Å². The minimum absolute atomic E-state index is 0.112. The average molecular weight is 567 g/mol. The Morgan fingerprint density at radius 3 is 2.27 bits per heavy atom. The van der Waals surface area contributed by atoms with Crippen molar-refractivity contribution >= 4 is 40.3 Å². The molecule has 0 radical (unpaired) electrons. The van der Waals surface area contributed by atoms with Crippen LogP contribution in [0.3, 0.4) is 0 Å². The van der Waals surface area contributed by atoms with Gasteiger partial charge in [0.1, 0.15) is 23.7 Å². The summed E-state index contributed by atoms with van der Waals surface area (Å²) in [7, 11) is 0. The predicted molar refractivity (Wildman–Crippen MR) is 126 cm³/mol. The first kappa shape index (κ1) is 27.9. The third-order valence-electron chi connectivity index (χ3n) is 5.31. The lowest BCUT2D eigenvalue weighted by Gasteiger charge is -2.18. The zero-order chi connectivity index (χ0) is 29.2. The van der Waals surface area contributed by atoms with E-state index in [1.807, 2.05) is 6.07 Å². The second-order valence-electron chi connectivity index (χ2n) is 7.98. The SMILES string of the molecule is O=C(O)C(F)(F)F.O=C1CN(c2cncc(C(F)(F)F)c2)C(=O)N1c1ccc(Oc2ccnc3[nH]ccc23)cc1. The number of halogens is 6. The number of carboxylic acid groups (broad SMARTS) is 1. The number of imide groups is 1. The number of nitrogens with one attached hydrogen (secondary N) is 1. The summed E-state index contributed by atoms with van der Waals surface area (Å²) in [4.78, 5) is 46.9. The van der Waals surface area contributed by atoms with Crippen LogP contribution in [0.2, 0.25) is 0 Å². The van der Waals surface area contributed by atoms with Gasteiger partial charge in [-0.1, -0.05) is 0 Å². The highest BCUT2D eigenvalue weighted by molar-refractivity contribution is 6.26. The molecule has 3 amide bonds. The molecule has 4 aromatic rings. The lowest BCUT2D eigenvalue weighted by atomic mass is 10.2. The number of urea groups is 1. The highest BCUT2D eigenvalue weighted by Crippen LogP contribution is 2.34. The largest absolute Gasteiger partial charge is 0.490 e. The molecule has 0 atom stereocenters. The van der Waals surface area contributed by atoms with E-state index in [2.05, 4.69) is 15.0 Å². The number of amides is 3. The zero-order valence-electron chi connectivity index (χ0n) is 19.7. The van der Waals surface area contributed by atoms with E-state index >= 15 is 0 Å². The molecule has 16 heteroatoms. The normalized spacial score (nSPS) is 13.8.